The summed E-state index contributed by atoms with van der Waals surface area (Å²) >= 11 is 6.82. The molecule has 4 aliphatic rings. The van der Waals surface area contributed by atoms with Gasteiger partial charge in [-0.05, 0) is 94.8 Å². The van der Waals surface area contributed by atoms with E-state index in [0.717, 1.165) is 40.8 Å². The highest BCUT2D eigenvalue weighted by atomic mass is 35.5. The van der Waals surface area contributed by atoms with E-state index < -0.39 is 94.9 Å². The SMILES string of the molecule is COc1cc2cc(c1Cl)N(C)C(=O)C[C@H](OC(=O)[C@H](C)N(C)C(=O)CCSSC(C)(C)CC(=O)N/N=C1\CCCc3cc(OCCOCCOCCC(=O)ON4C(=O)CCC4=O)ccc31)[C@@H](C)[C@@H](O)[C@H](C)[C@@H]1C[C@@](O)(NC(=O)O1)[C@H](OC)/C=C/C=C(\C)C2. The summed E-state index contributed by atoms with van der Waals surface area (Å²) in [5.41, 5.74) is 5.45. The van der Waals surface area contributed by atoms with Gasteiger partial charge in [-0.1, -0.05) is 70.8 Å². The molecular weight excluding hydrogens is 1200 g/mol. The van der Waals surface area contributed by atoms with E-state index in [-0.39, 0.29) is 88.4 Å². The van der Waals surface area contributed by atoms with Crippen molar-refractivity contribution in [3.63, 3.8) is 0 Å². The van der Waals surface area contributed by atoms with E-state index in [4.69, 9.17) is 49.6 Å². The number of imide groups is 1. The number of nitrogens with one attached hydrogen (secondary N) is 2. The van der Waals surface area contributed by atoms with E-state index in [9.17, 15) is 48.6 Å². The number of aliphatic hydroxyl groups is 2. The van der Waals surface area contributed by atoms with Gasteiger partial charge in [-0.25, -0.2) is 19.8 Å². The van der Waals surface area contributed by atoms with Crippen LogP contribution < -0.4 is 25.1 Å². The number of ether oxygens (including phenoxy) is 7. The number of amides is 6. The maximum Gasteiger partial charge on any atom is 0.409 e. The molecule has 2 saturated heterocycles. The van der Waals surface area contributed by atoms with Crippen molar-refractivity contribution in [2.45, 2.75) is 153 Å². The molecule has 2 aromatic carbocycles. The molecule has 6 amide bonds. The van der Waals surface area contributed by atoms with Gasteiger partial charge < -0.3 is 58.0 Å². The normalized spacial score (nSPS) is 24.5. The molecule has 2 fully saturated rings. The van der Waals surface area contributed by atoms with Gasteiger partial charge in [-0.2, -0.15) is 5.10 Å². The second kappa shape index (κ2) is 33.0. The van der Waals surface area contributed by atoms with E-state index in [1.807, 2.05) is 45.0 Å². The Morgan fingerprint density at radius 2 is 1.67 bits per heavy atom. The number of alkyl carbamates (subject to hydrolysis) is 1. The second-order valence-corrected chi connectivity index (χ2v) is 26.3. The number of rotatable bonds is 24. The molecule has 1 aliphatic carbocycles. The Bertz CT molecular complexity index is 2930. The summed E-state index contributed by atoms with van der Waals surface area (Å²) in [5, 5.41) is 31.5. The molecule has 4 N–H and O–H groups in total. The summed E-state index contributed by atoms with van der Waals surface area (Å²) in [6.45, 7) is 11.5. The van der Waals surface area contributed by atoms with Crippen LogP contribution in [-0.4, -0.2) is 181 Å². The molecule has 88 heavy (non-hydrogen) atoms. The topological polar surface area (TPSA) is 297 Å². The number of nitrogens with zero attached hydrogens (tertiary/aromatic N) is 4. The zero-order valence-electron chi connectivity index (χ0n) is 51.6. The molecule has 2 aromatic rings. The fraction of sp³-hybridized carbons (Fsp3) is 0.590. The quantitative estimate of drug-likeness (QED) is 0.0284. The predicted octanol–water partition coefficient (Wildman–Crippen LogP) is 6.56. The van der Waals surface area contributed by atoms with Crippen LogP contribution in [0.3, 0.4) is 0 Å². The predicted molar refractivity (Wildman–Crippen MR) is 329 cm³/mol. The van der Waals surface area contributed by atoms with E-state index in [1.165, 1.54) is 66.6 Å². The van der Waals surface area contributed by atoms with E-state index in [1.54, 1.807) is 38.1 Å². The first kappa shape index (κ1) is 70.8. The highest BCUT2D eigenvalue weighted by Crippen LogP contribution is 2.40. The Labute approximate surface area is 526 Å². The third-order valence-corrected chi connectivity index (χ3v) is 19.2. The number of hydroxylamine groups is 2. The average molecular weight is 1290 g/mol. The van der Waals surface area contributed by atoms with Gasteiger partial charge in [0.05, 0.1) is 63.9 Å². The van der Waals surface area contributed by atoms with E-state index in [0.29, 0.717) is 40.8 Å². The van der Waals surface area contributed by atoms with Gasteiger partial charge in [0.25, 0.3) is 11.8 Å². The fourth-order valence-corrected chi connectivity index (χ4v) is 13.0. The lowest BCUT2D eigenvalue weighted by Gasteiger charge is -2.43. The number of carbonyl (C=O) groups excluding carboxylic acids is 8. The zero-order chi connectivity index (χ0) is 64.5. The molecule has 24 nitrogen and oxygen atoms in total. The van der Waals surface area contributed by atoms with Crippen molar-refractivity contribution in [3.05, 3.63) is 75.8 Å². The van der Waals surface area contributed by atoms with Crippen molar-refractivity contribution in [2.24, 2.45) is 16.9 Å². The van der Waals surface area contributed by atoms with Crippen molar-refractivity contribution in [1.82, 2.24) is 20.7 Å². The number of esters is 1. The van der Waals surface area contributed by atoms with Crippen molar-refractivity contribution in [3.8, 4) is 11.5 Å². The van der Waals surface area contributed by atoms with Crippen molar-refractivity contribution >= 4 is 92.2 Å². The Balaban J connectivity index is 0.977. The van der Waals surface area contributed by atoms with E-state index >= 15 is 0 Å². The second-order valence-electron chi connectivity index (χ2n) is 22.8. The largest absolute Gasteiger partial charge is 0.495 e. The number of allylic oxidation sites excluding steroid dienone is 3. The minimum absolute atomic E-state index is 0.0226. The highest BCUT2D eigenvalue weighted by Gasteiger charge is 2.49. The summed E-state index contributed by atoms with van der Waals surface area (Å²) in [7, 11) is 8.69. The Morgan fingerprint density at radius 3 is 2.38 bits per heavy atom. The van der Waals surface area contributed by atoms with Crippen molar-refractivity contribution in [1.29, 1.82) is 0 Å². The van der Waals surface area contributed by atoms with Crippen molar-refractivity contribution in [2.75, 3.05) is 72.0 Å². The Morgan fingerprint density at radius 1 is 0.966 bits per heavy atom. The molecule has 0 unspecified atom stereocenters. The number of benzene rings is 2. The fourth-order valence-electron chi connectivity index (χ4n) is 10.2. The monoisotopic (exact) mass is 1290 g/mol. The lowest BCUT2D eigenvalue weighted by molar-refractivity contribution is -0.198. The minimum atomic E-state index is -1.95. The maximum atomic E-state index is 14.4. The van der Waals surface area contributed by atoms with Crippen LogP contribution in [0.15, 0.2) is 59.2 Å². The number of likely N-dealkylation sites (N-methyl/N-ethyl adjacent to an activating group) is 1. The first-order valence-electron chi connectivity index (χ1n) is 29.2. The summed E-state index contributed by atoms with van der Waals surface area (Å²) in [5.74, 6) is -4.37. The highest BCUT2D eigenvalue weighted by molar-refractivity contribution is 8.77. The van der Waals surface area contributed by atoms with Gasteiger partial charge in [0, 0.05) is 81.2 Å². The number of halogens is 1. The summed E-state index contributed by atoms with van der Waals surface area (Å²) in [6.07, 6.45) is 1.59. The molecule has 0 aromatic heterocycles. The van der Waals surface area contributed by atoms with Crippen LogP contribution in [-0.2, 0) is 74.9 Å². The molecule has 484 valence electrons. The lowest BCUT2D eigenvalue weighted by atomic mass is 9.81. The smallest absolute Gasteiger partial charge is 0.409 e. The number of hydrazone groups is 1. The van der Waals surface area contributed by atoms with Crippen LogP contribution in [0, 0.1) is 11.8 Å². The molecule has 4 bridgehead atoms. The molecule has 27 heteroatoms. The van der Waals surface area contributed by atoms with Gasteiger partial charge in [0.15, 0.2) is 5.72 Å². The average Bonchev–Trinajstić information content (AvgIpc) is 2.14. The van der Waals surface area contributed by atoms with Crippen molar-refractivity contribution < 1.29 is 86.6 Å². The Kier molecular flexibility index (Phi) is 26.6. The number of methoxy groups -OCH3 is 2. The van der Waals surface area contributed by atoms with Crippen LogP contribution in [0.4, 0.5) is 10.5 Å². The molecule has 0 saturated carbocycles. The van der Waals surface area contributed by atoms with Gasteiger partial charge in [-0.15, -0.1) is 5.06 Å². The van der Waals surface area contributed by atoms with Crippen LogP contribution in [0.5, 0.6) is 11.5 Å². The van der Waals surface area contributed by atoms with Gasteiger partial charge >= 0.3 is 18.0 Å². The van der Waals surface area contributed by atoms with E-state index in [2.05, 4.69) is 15.8 Å². The number of hydrogen-bond donors (Lipinski definition) is 4. The molecular formula is C61H83ClN6O18S2. The number of fused-ring (bicyclic) bond motifs is 5. The van der Waals surface area contributed by atoms with Crippen LogP contribution in [0.2, 0.25) is 5.02 Å². The Hall–Kier alpha value is -6.26. The summed E-state index contributed by atoms with van der Waals surface area (Å²) in [4.78, 5) is 111. The number of aliphatic hydroxyl groups excluding tert-OH is 1. The zero-order valence-corrected chi connectivity index (χ0v) is 54.0. The molecule has 0 radical (unpaired) electrons. The minimum Gasteiger partial charge on any atom is -0.495 e. The number of carbonyl (C=O) groups is 8. The third kappa shape index (κ3) is 19.9. The van der Waals surface area contributed by atoms with Crippen LogP contribution in [0.1, 0.15) is 116 Å². The van der Waals surface area contributed by atoms with Gasteiger partial charge in [-0.3, -0.25) is 29.3 Å². The molecule has 3 aliphatic heterocycles. The first-order chi connectivity index (χ1) is 41.7. The summed E-state index contributed by atoms with van der Waals surface area (Å²) < 4.78 is 39.3. The van der Waals surface area contributed by atoms with Crippen LogP contribution >= 0.6 is 33.2 Å². The first-order valence-corrected chi connectivity index (χ1v) is 31.9. The molecule has 8 atom stereocenters. The van der Waals surface area contributed by atoms with Gasteiger partial charge in [0.1, 0.15) is 47.5 Å². The standard InChI is InChI=1S/C61H83ClN6O18S2/c1-36-13-11-16-49(80-10)61(78)34-48(85-59(77)63-61)38(3)57(75)37(2)46(33-54(73)67(8)45-30-40(29-36)31-47(79-9)56(45)62)84-58(76)39(4)66(7)51(70)22-28-87-88-60(5,6)35-50(69)65-64-44-15-12-14-41-32-42(17-18-43(41)44)83-27-26-82-25-24-81-23-21-55(74)86-68-52(71)19-20-53(68)72/h11,13,16-18,30-32,37-39,46,48-49,57,75,78H,12,14-15,19-29,33-35H2,1-10H3,(H,63,77)(H,65,69)/b16-11+,36-13+,64-44+/t37-,38-,39+,46+,48+,49-,57-,61+/m1/s1. The van der Waals surface area contributed by atoms with Gasteiger partial charge in [0.2, 0.25) is 17.7 Å². The number of hydrogen-bond acceptors (Lipinski definition) is 21. The maximum absolute atomic E-state index is 14.4. The molecule has 0 spiro atoms. The third-order valence-electron chi connectivity index (χ3n) is 15.6. The number of anilines is 1. The number of aryl methyl sites for hydroxylation is 1. The summed E-state index contributed by atoms with van der Waals surface area (Å²) in [6, 6.07) is 8.09. The molecule has 3 heterocycles. The lowest BCUT2D eigenvalue weighted by Crippen LogP contribution is -2.64. The molecule has 6 rings (SSSR count). The van der Waals surface area contributed by atoms with Crippen LogP contribution in [0.25, 0.3) is 0 Å².